The van der Waals surface area contributed by atoms with Crippen LogP contribution in [0.15, 0.2) is 0 Å². The first kappa shape index (κ1) is 11.0. The van der Waals surface area contributed by atoms with E-state index in [1.54, 1.807) is 0 Å². The smallest absolute Gasteiger partial charge is 0.0220 e. The summed E-state index contributed by atoms with van der Waals surface area (Å²) < 4.78 is 0. The monoisotopic (exact) mass is 184 g/mol. The maximum absolute atomic E-state index is 2.59. The van der Waals surface area contributed by atoms with E-state index in [4.69, 9.17) is 0 Å². The summed E-state index contributed by atoms with van der Waals surface area (Å²) in [5.74, 6) is 0. The van der Waals surface area contributed by atoms with E-state index in [1.165, 1.54) is 32.2 Å². The standard InChI is InChI=1S/C11H24N2/c1-5-10(9-12(2)3)13(4)11-7-6-8-11/h10-11H,5-9H2,1-4H3. The second-order valence-electron chi connectivity index (χ2n) is 4.57. The Labute approximate surface area is 82.9 Å². The van der Waals surface area contributed by atoms with Crippen LogP contribution in [-0.2, 0) is 0 Å². The summed E-state index contributed by atoms with van der Waals surface area (Å²) in [5, 5.41) is 0. The van der Waals surface area contributed by atoms with Gasteiger partial charge in [0.05, 0.1) is 0 Å². The minimum Gasteiger partial charge on any atom is -0.308 e. The average molecular weight is 184 g/mol. The zero-order chi connectivity index (χ0) is 9.84. The van der Waals surface area contributed by atoms with Gasteiger partial charge in [0.25, 0.3) is 0 Å². The first-order valence-electron chi connectivity index (χ1n) is 5.51. The lowest BCUT2D eigenvalue weighted by molar-refractivity contribution is 0.0907. The molecular weight excluding hydrogens is 160 g/mol. The summed E-state index contributed by atoms with van der Waals surface area (Å²) >= 11 is 0. The summed E-state index contributed by atoms with van der Waals surface area (Å²) in [6, 6.07) is 1.63. The third-order valence-electron chi connectivity index (χ3n) is 3.27. The Morgan fingerprint density at radius 3 is 2.15 bits per heavy atom. The molecule has 0 aromatic carbocycles. The molecule has 0 spiro atoms. The van der Waals surface area contributed by atoms with Crippen LogP contribution in [0.25, 0.3) is 0 Å². The molecule has 0 aliphatic heterocycles. The van der Waals surface area contributed by atoms with E-state index < -0.39 is 0 Å². The second kappa shape index (κ2) is 4.97. The molecule has 1 aliphatic carbocycles. The SMILES string of the molecule is CCC(CN(C)C)N(C)C1CCC1. The number of hydrogen-bond donors (Lipinski definition) is 0. The molecule has 1 aliphatic rings. The van der Waals surface area contributed by atoms with Crippen LogP contribution in [0.4, 0.5) is 0 Å². The summed E-state index contributed by atoms with van der Waals surface area (Å²) in [5.41, 5.74) is 0. The van der Waals surface area contributed by atoms with Crippen molar-refractivity contribution in [3.8, 4) is 0 Å². The number of nitrogens with zero attached hydrogens (tertiary/aromatic N) is 2. The van der Waals surface area contributed by atoms with E-state index >= 15 is 0 Å². The molecule has 2 nitrogen and oxygen atoms in total. The fourth-order valence-electron chi connectivity index (χ4n) is 2.06. The van der Waals surface area contributed by atoms with Gasteiger partial charge in [0.2, 0.25) is 0 Å². The van der Waals surface area contributed by atoms with Gasteiger partial charge >= 0.3 is 0 Å². The molecular formula is C11H24N2. The number of likely N-dealkylation sites (N-methyl/N-ethyl adjacent to an activating group) is 2. The Morgan fingerprint density at radius 2 is 1.85 bits per heavy atom. The molecule has 0 aromatic heterocycles. The van der Waals surface area contributed by atoms with Gasteiger partial charge in [0.15, 0.2) is 0 Å². The van der Waals surface area contributed by atoms with Crippen molar-refractivity contribution >= 4 is 0 Å². The molecule has 0 bridgehead atoms. The Morgan fingerprint density at radius 1 is 1.23 bits per heavy atom. The minimum atomic E-state index is 0.750. The molecule has 1 rings (SSSR count). The van der Waals surface area contributed by atoms with E-state index in [9.17, 15) is 0 Å². The third kappa shape index (κ3) is 2.96. The van der Waals surface area contributed by atoms with Crippen LogP contribution < -0.4 is 0 Å². The molecule has 0 saturated heterocycles. The molecule has 1 atom stereocenters. The van der Waals surface area contributed by atoms with Crippen molar-refractivity contribution in [1.29, 1.82) is 0 Å². The van der Waals surface area contributed by atoms with Gasteiger partial charge in [-0.3, -0.25) is 4.90 Å². The quantitative estimate of drug-likeness (QED) is 0.643. The van der Waals surface area contributed by atoms with Crippen molar-refractivity contribution in [2.24, 2.45) is 0 Å². The average Bonchev–Trinajstić information content (AvgIpc) is 1.96. The van der Waals surface area contributed by atoms with Crippen molar-refractivity contribution < 1.29 is 0 Å². The molecule has 78 valence electrons. The molecule has 0 N–H and O–H groups in total. The highest BCUT2D eigenvalue weighted by atomic mass is 15.2. The van der Waals surface area contributed by atoms with Crippen molar-refractivity contribution in [2.75, 3.05) is 27.7 Å². The topological polar surface area (TPSA) is 6.48 Å². The lowest BCUT2D eigenvalue weighted by Crippen LogP contribution is -2.47. The first-order valence-corrected chi connectivity index (χ1v) is 5.51. The Balaban J connectivity index is 2.34. The zero-order valence-electron chi connectivity index (χ0n) is 9.58. The molecule has 0 radical (unpaired) electrons. The van der Waals surface area contributed by atoms with Crippen LogP contribution in [-0.4, -0.2) is 49.6 Å². The van der Waals surface area contributed by atoms with Gasteiger partial charge in [-0.05, 0) is 40.4 Å². The zero-order valence-corrected chi connectivity index (χ0v) is 9.58. The summed E-state index contributed by atoms with van der Waals surface area (Å²) in [6.45, 7) is 3.49. The fraction of sp³-hybridized carbons (Fsp3) is 1.00. The van der Waals surface area contributed by atoms with Gasteiger partial charge in [-0.1, -0.05) is 13.3 Å². The predicted molar refractivity (Wildman–Crippen MR) is 58.0 cm³/mol. The highest BCUT2D eigenvalue weighted by molar-refractivity contribution is 4.83. The highest BCUT2D eigenvalue weighted by Crippen LogP contribution is 2.25. The summed E-state index contributed by atoms with van der Waals surface area (Å²) in [4.78, 5) is 4.88. The third-order valence-corrected chi connectivity index (χ3v) is 3.27. The maximum atomic E-state index is 2.59. The second-order valence-corrected chi connectivity index (χ2v) is 4.57. The van der Waals surface area contributed by atoms with Crippen LogP contribution in [0.1, 0.15) is 32.6 Å². The van der Waals surface area contributed by atoms with E-state index in [0.717, 1.165) is 12.1 Å². The number of hydrogen-bond acceptors (Lipinski definition) is 2. The molecule has 0 amide bonds. The van der Waals surface area contributed by atoms with Crippen LogP contribution in [0.3, 0.4) is 0 Å². The maximum Gasteiger partial charge on any atom is 0.0220 e. The molecule has 13 heavy (non-hydrogen) atoms. The van der Waals surface area contributed by atoms with Crippen LogP contribution in [0.5, 0.6) is 0 Å². The molecule has 2 heteroatoms. The van der Waals surface area contributed by atoms with Crippen LogP contribution in [0.2, 0.25) is 0 Å². The van der Waals surface area contributed by atoms with Crippen molar-refractivity contribution in [2.45, 2.75) is 44.7 Å². The largest absolute Gasteiger partial charge is 0.308 e. The minimum absolute atomic E-state index is 0.750. The number of rotatable bonds is 5. The summed E-state index contributed by atoms with van der Waals surface area (Å²) in [6.07, 6.45) is 5.54. The molecule has 1 unspecified atom stereocenters. The van der Waals surface area contributed by atoms with Crippen molar-refractivity contribution in [1.82, 2.24) is 9.80 Å². The highest BCUT2D eigenvalue weighted by Gasteiger charge is 2.26. The summed E-state index contributed by atoms with van der Waals surface area (Å²) in [7, 11) is 6.62. The molecule has 1 saturated carbocycles. The molecule has 0 heterocycles. The molecule has 1 fully saturated rings. The van der Waals surface area contributed by atoms with Gasteiger partial charge in [-0.2, -0.15) is 0 Å². The van der Waals surface area contributed by atoms with Crippen LogP contribution >= 0.6 is 0 Å². The Hall–Kier alpha value is -0.0800. The normalized spacial score (nSPS) is 20.8. The molecule has 0 aromatic rings. The fourth-order valence-corrected chi connectivity index (χ4v) is 2.06. The van der Waals surface area contributed by atoms with Crippen LogP contribution in [0, 0.1) is 0 Å². The van der Waals surface area contributed by atoms with Gasteiger partial charge in [0, 0.05) is 18.6 Å². The Kier molecular flexibility index (Phi) is 4.20. The Bertz CT molecular complexity index is 141. The lowest BCUT2D eigenvalue weighted by Gasteiger charge is -2.40. The van der Waals surface area contributed by atoms with Gasteiger partial charge < -0.3 is 4.90 Å². The predicted octanol–water partition coefficient (Wildman–Crippen LogP) is 1.81. The van der Waals surface area contributed by atoms with Crippen molar-refractivity contribution in [3.05, 3.63) is 0 Å². The van der Waals surface area contributed by atoms with E-state index in [1.807, 2.05) is 0 Å². The van der Waals surface area contributed by atoms with E-state index in [2.05, 4.69) is 37.9 Å². The lowest BCUT2D eigenvalue weighted by atomic mass is 9.90. The van der Waals surface area contributed by atoms with Gasteiger partial charge in [-0.25, -0.2) is 0 Å². The van der Waals surface area contributed by atoms with Crippen molar-refractivity contribution in [3.63, 3.8) is 0 Å². The van der Waals surface area contributed by atoms with E-state index in [-0.39, 0.29) is 0 Å². The first-order chi connectivity index (χ1) is 6.15. The van der Waals surface area contributed by atoms with Gasteiger partial charge in [-0.15, -0.1) is 0 Å². The van der Waals surface area contributed by atoms with E-state index in [0.29, 0.717) is 0 Å². The van der Waals surface area contributed by atoms with Gasteiger partial charge in [0.1, 0.15) is 0 Å².